The van der Waals surface area contributed by atoms with Gasteiger partial charge in [-0.2, -0.15) is 0 Å². The van der Waals surface area contributed by atoms with Crippen LogP contribution in [-0.4, -0.2) is 47.4 Å². The molecule has 7 nitrogen and oxygen atoms in total. The molecule has 1 aliphatic rings. The number of carboxylic acid groups (broad SMARTS) is 1. The molecule has 0 saturated carbocycles. The predicted molar refractivity (Wildman–Crippen MR) is 63.0 cm³/mol. The van der Waals surface area contributed by atoms with Gasteiger partial charge < -0.3 is 24.4 Å². The van der Waals surface area contributed by atoms with Gasteiger partial charge in [-0.05, 0) is 19.8 Å². The Balaban J connectivity index is 2.77. The van der Waals surface area contributed by atoms with E-state index in [1.807, 2.05) is 0 Å². The van der Waals surface area contributed by atoms with Crippen LogP contribution in [0.2, 0.25) is 0 Å². The number of carbonyl (C=O) groups is 2. The Morgan fingerprint density at radius 1 is 1.53 bits per heavy atom. The summed E-state index contributed by atoms with van der Waals surface area (Å²) in [6.07, 6.45) is 0.154. The molecule has 2 N–H and O–H groups in total. The van der Waals surface area contributed by atoms with Crippen LogP contribution in [0.4, 0.5) is 0 Å². The van der Waals surface area contributed by atoms with E-state index in [1.165, 1.54) is 6.92 Å². The average molecular weight is 274 g/mol. The average Bonchev–Trinajstić information content (AvgIpc) is 2.36. The smallest absolute Gasteiger partial charge is 0.377 e. The molecule has 0 spiro atoms. The highest BCUT2D eigenvalue weighted by atomic mass is 16.8. The van der Waals surface area contributed by atoms with E-state index >= 15 is 0 Å². The van der Waals surface area contributed by atoms with Gasteiger partial charge in [0, 0.05) is 12.0 Å². The molecular weight excluding hydrogens is 256 g/mol. The third-order valence-corrected chi connectivity index (χ3v) is 2.59. The van der Waals surface area contributed by atoms with E-state index in [2.05, 4.69) is 6.58 Å². The fourth-order valence-electron chi connectivity index (χ4n) is 1.65. The van der Waals surface area contributed by atoms with Crippen molar-refractivity contribution >= 4 is 11.9 Å². The summed E-state index contributed by atoms with van der Waals surface area (Å²) >= 11 is 0. The monoisotopic (exact) mass is 274 g/mol. The van der Waals surface area contributed by atoms with Crippen LogP contribution < -0.4 is 0 Å². The van der Waals surface area contributed by atoms with Crippen molar-refractivity contribution < 1.29 is 34.0 Å². The Kier molecular flexibility index (Phi) is 5.46. The van der Waals surface area contributed by atoms with E-state index in [0.717, 1.165) is 0 Å². The lowest BCUT2D eigenvalue weighted by molar-refractivity contribution is -0.310. The van der Waals surface area contributed by atoms with E-state index in [-0.39, 0.29) is 25.2 Å². The fourth-order valence-corrected chi connectivity index (χ4v) is 1.65. The molecule has 19 heavy (non-hydrogen) atoms. The van der Waals surface area contributed by atoms with Gasteiger partial charge in [-0.25, -0.2) is 9.59 Å². The number of hydrogen-bond donors (Lipinski definition) is 2. The first-order chi connectivity index (χ1) is 8.91. The Hall–Kier alpha value is -1.44. The molecule has 1 heterocycles. The van der Waals surface area contributed by atoms with E-state index in [0.29, 0.717) is 12.8 Å². The fraction of sp³-hybridized carbons (Fsp3) is 0.667. The third-order valence-electron chi connectivity index (χ3n) is 2.59. The molecule has 2 unspecified atom stereocenters. The van der Waals surface area contributed by atoms with Crippen LogP contribution in [0.3, 0.4) is 0 Å². The van der Waals surface area contributed by atoms with Gasteiger partial charge in [0.15, 0.2) is 6.29 Å². The molecule has 0 bridgehead atoms. The lowest BCUT2D eigenvalue weighted by atomic mass is 10.0. The molecule has 7 heteroatoms. The molecule has 1 aliphatic heterocycles. The van der Waals surface area contributed by atoms with Crippen molar-refractivity contribution in [3.63, 3.8) is 0 Å². The molecule has 0 radical (unpaired) electrons. The maximum absolute atomic E-state index is 11.5. The van der Waals surface area contributed by atoms with Crippen LogP contribution in [0.15, 0.2) is 12.2 Å². The summed E-state index contributed by atoms with van der Waals surface area (Å²) in [5.41, 5.74) is 0.0858. The van der Waals surface area contributed by atoms with Crippen molar-refractivity contribution in [3.8, 4) is 0 Å². The van der Waals surface area contributed by atoms with E-state index in [1.54, 1.807) is 0 Å². The summed E-state index contributed by atoms with van der Waals surface area (Å²) in [6.45, 7) is 4.63. The number of aliphatic hydroxyl groups excluding tert-OH is 1. The molecule has 1 saturated heterocycles. The van der Waals surface area contributed by atoms with Crippen molar-refractivity contribution in [1.82, 2.24) is 0 Å². The molecule has 0 aromatic heterocycles. The van der Waals surface area contributed by atoms with Gasteiger partial charge in [-0.3, -0.25) is 0 Å². The van der Waals surface area contributed by atoms with Crippen LogP contribution in [0.25, 0.3) is 0 Å². The molecule has 108 valence electrons. The van der Waals surface area contributed by atoms with Crippen LogP contribution in [0, 0.1) is 0 Å². The molecule has 0 aromatic rings. The predicted octanol–water partition coefficient (Wildman–Crippen LogP) is 0.422. The molecule has 2 atom stereocenters. The summed E-state index contributed by atoms with van der Waals surface area (Å²) in [5.74, 6) is -4.27. The number of hydrogen-bond acceptors (Lipinski definition) is 6. The van der Waals surface area contributed by atoms with Gasteiger partial charge in [0.2, 0.25) is 0 Å². The van der Waals surface area contributed by atoms with Gasteiger partial charge >= 0.3 is 17.7 Å². The quantitative estimate of drug-likeness (QED) is 0.534. The summed E-state index contributed by atoms with van der Waals surface area (Å²) in [6, 6.07) is 0. The Labute approximate surface area is 110 Å². The second-order valence-electron chi connectivity index (χ2n) is 4.26. The van der Waals surface area contributed by atoms with Crippen molar-refractivity contribution in [1.29, 1.82) is 0 Å². The number of rotatable bonds is 6. The number of ether oxygens (including phenoxy) is 3. The topological polar surface area (TPSA) is 102 Å². The SMILES string of the molecule is C=C(C)C(=O)OC1(C(=O)O)CCCC(OCCO)O1. The van der Waals surface area contributed by atoms with Crippen LogP contribution in [0.1, 0.15) is 26.2 Å². The van der Waals surface area contributed by atoms with Crippen molar-refractivity contribution in [3.05, 3.63) is 12.2 Å². The van der Waals surface area contributed by atoms with Gasteiger partial charge in [0.25, 0.3) is 0 Å². The second-order valence-corrected chi connectivity index (χ2v) is 4.26. The van der Waals surface area contributed by atoms with Gasteiger partial charge in [0.1, 0.15) is 0 Å². The largest absolute Gasteiger partial charge is 0.476 e. The van der Waals surface area contributed by atoms with Crippen LogP contribution in [-0.2, 0) is 23.8 Å². The second kappa shape index (κ2) is 6.65. The zero-order valence-electron chi connectivity index (χ0n) is 10.8. The van der Waals surface area contributed by atoms with Gasteiger partial charge in [-0.15, -0.1) is 0 Å². The highest BCUT2D eigenvalue weighted by Crippen LogP contribution is 2.31. The lowest BCUT2D eigenvalue weighted by Gasteiger charge is -2.36. The number of esters is 1. The highest BCUT2D eigenvalue weighted by Gasteiger charge is 2.48. The van der Waals surface area contributed by atoms with Gasteiger partial charge in [-0.1, -0.05) is 6.58 Å². The zero-order chi connectivity index (χ0) is 14.5. The van der Waals surface area contributed by atoms with Crippen molar-refractivity contribution in [2.75, 3.05) is 13.2 Å². The van der Waals surface area contributed by atoms with Crippen LogP contribution in [0.5, 0.6) is 0 Å². The number of aliphatic hydroxyl groups is 1. The maximum atomic E-state index is 11.5. The number of carbonyl (C=O) groups excluding carboxylic acids is 1. The van der Waals surface area contributed by atoms with E-state index < -0.39 is 24.0 Å². The summed E-state index contributed by atoms with van der Waals surface area (Å²) < 4.78 is 15.3. The normalized spacial score (nSPS) is 26.7. The molecule has 1 rings (SSSR count). The lowest BCUT2D eigenvalue weighted by Crippen LogP contribution is -2.51. The highest BCUT2D eigenvalue weighted by molar-refractivity contribution is 5.90. The zero-order valence-corrected chi connectivity index (χ0v) is 10.8. The summed E-state index contributed by atoms with van der Waals surface area (Å²) in [7, 11) is 0. The Morgan fingerprint density at radius 3 is 2.74 bits per heavy atom. The third kappa shape index (κ3) is 4.02. The Bertz CT molecular complexity index is 365. The van der Waals surface area contributed by atoms with Crippen molar-refractivity contribution in [2.45, 2.75) is 38.3 Å². The first-order valence-corrected chi connectivity index (χ1v) is 5.94. The first-order valence-electron chi connectivity index (χ1n) is 5.94. The summed E-state index contributed by atoms with van der Waals surface area (Å²) in [5, 5.41) is 17.9. The molecule has 0 aromatic carbocycles. The van der Waals surface area contributed by atoms with Crippen molar-refractivity contribution in [2.24, 2.45) is 0 Å². The van der Waals surface area contributed by atoms with E-state index in [9.17, 15) is 14.7 Å². The van der Waals surface area contributed by atoms with Crippen LogP contribution >= 0.6 is 0 Å². The standard InChI is InChI=1S/C12H18O7/c1-8(2)10(14)19-12(11(15)16)5-3-4-9(18-12)17-7-6-13/h9,13H,1,3-7H2,2H3,(H,15,16). The molecule has 0 aliphatic carbocycles. The Morgan fingerprint density at radius 2 is 2.21 bits per heavy atom. The number of aliphatic carboxylic acids is 1. The van der Waals surface area contributed by atoms with E-state index in [4.69, 9.17) is 19.3 Å². The first kappa shape index (κ1) is 15.6. The van der Waals surface area contributed by atoms with Gasteiger partial charge in [0.05, 0.1) is 13.2 Å². The maximum Gasteiger partial charge on any atom is 0.377 e. The summed E-state index contributed by atoms with van der Waals surface area (Å²) in [4.78, 5) is 22.8. The minimum atomic E-state index is -2.05. The number of carboxylic acids is 1. The molecule has 0 amide bonds. The minimum absolute atomic E-state index is 0.0226. The molecular formula is C12H18O7. The minimum Gasteiger partial charge on any atom is -0.476 e. The molecule has 1 fully saturated rings.